The van der Waals surface area contributed by atoms with Crippen molar-refractivity contribution in [1.29, 1.82) is 0 Å². The van der Waals surface area contributed by atoms with Crippen LogP contribution in [-0.2, 0) is 64.0 Å². The quantitative estimate of drug-likeness (QED) is 0.0482. The maximum atomic E-state index is 13.9. The number of hydrogen-bond acceptors (Lipinski definition) is 15. The molecule has 1 saturated heterocycles. The number of carbonyl (C=O) groups excluding carboxylic acids is 12. The second kappa shape index (κ2) is 32.5. The van der Waals surface area contributed by atoms with Gasteiger partial charge in [-0.25, -0.2) is 0 Å². The van der Waals surface area contributed by atoms with E-state index >= 15 is 0 Å². The summed E-state index contributed by atoms with van der Waals surface area (Å²) in [6, 6.07) is -7.58. The van der Waals surface area contributed by atoms with Gasteiger partial charge in [-0.1, -0.05) is 76.8 Å². The zero-order valence-electron chi connectivity index (χ0n) is 40.3. The highest BCUT2D eigenvalue weighted by molar-refractivity contribution is 6.00. The minimum Gasteiger partial charge on any atom is -0.508 e. The van der Waals surface area contributed by atoms with Gasteiger partial charge in [0.05, 0.1) is 45.4 Å². The summed E-state index contributed by atoms with van der Waals surface area (Å²) < 4.78 is 0. The number of hydrogen-bond donors (Lipinski definition) is 15. The molecule has 27 heteroatoms. The van der Waals surface area contributed by atoms with Crippen molar-refractivity contribution in [1.82, 2.24) is 47.9 Å². The summed E-state index contributed by atoms with van der Waals surface area (Å²) in [5, 5.41) is 50.3. The molecule has 0 aromatic heterocycles. The van der Waals surface area contributed by atoms with E-state index in [9.17, 15) is 72.9 Å². The number of carbonyl (C=O) groups is 12. The predicted octanol–water partition coefficient (Wildman–Crippen LogP) is -5.50. The van der Waals surface area contributed by atoms with Crippen molar-refractivity contribution in [2.75, 3.05) is 26.3 Å². The van der Waals surface area contributed by atoms with E-state index in [4.69, 9.17) is 17.2 Å². The zero-order chi connectivity index (χ0) is 53.8. The lowest BCUT2D eigenvalue weighted by Gasteiger charge is -2.26. The van der Waals surface area contributed by atoms with E-state index in [1.165, 1.54) is 37.1 Å². The van der Waals surface area contributed by atoms with Crippen LogP contribution < -0.4 is 65.1 Å². The summed E-state index contributed by atoms with van der Waals surface area (Å²) in [5.74, 6) is -14.2. The van der Waals surface area contributed by atoms with Crippen molar-refractivity contribution in [2.45, 2.75) is 146 Å². The topological polar surface area (TPSA) is 452 Å². The lowest BCUT2D eigenvalue weighted by molar-refractivity contribution is -0.137. The molecule has 2 rings (SSSR count). The molecule has 7 atom stereocenters. The van der Waals surface area contributed by atoms with Gasteiger partial charge in [0.15, 0.2) is 0 Å². The number of phenols is 1. The highest BCUT2D eigenvalue weighted by atomic mass is 16.3. The summed E-state index contributed by atoms with van der Waals surface area (Å²) >= 11 is 0. The van der Waals surface area contributed by atoms with Crippen LogP contribution in [-0.4, -0.2) is 155 Å². The number of nitrogens with two attached hydrogens (primary N) is 3. The third-order valence-electron chi connectivity index (χ3n) is 11.1. The van der Waals surface area contributed by atoms with Gasteiger partial charge in [-0.15, -0.1) is 0 Å². The molecule has 0 spiro atoms. The number of aromatic hydroxyl groups is 1. The molecule has 1 aliphatic rings. The van der Waals surface area contributed by atoms with Crippen molar-refractivity contribution in [2.24, 2.45) is 17.2 Å². The Morgan fingerprint density at radius 3 is 1.44 bits per heavy atom. The molecule has 1 heterocycles. The fourth-order valence-electron chi connectivity index (χ4n) is 7.19. The van der Waals surface area contributed by atoms with Crippen LogP contribution in [0.5, 0.6) is 5.75 Å². The predicted molar refractivity (Wildman–Crippen MR) is 253 cm³/mol. The number of aliphatic hydroxyl groups is 2. The number of primary amides is 3. The van der Waals surface area contributed by atoms with E-state index in [1.54, 1.807) is 0 Å². The average Bonchev–Trinajstić information content (AvgIpc) is 3.31. The molecule has 0 aliphatic carbocycles. The van der Waals surface area contributed by atoms with E-state index < -0.39 is 159 Å². The van der Waals surface area contributed by atoms with Gasteiger partial charge in [-0.2, -0.15) is 0 Å². The molecule has 0 saturated carbocycles. The fraction of sp³-hybridized carbons (Fsp3) is 0.600. The number of unbranched alkanes of at least 4 members (excludes halogenated alkanes) is 9. The van der Waals surface area contributed by atoms with E-state index in [-0.39, 0.29) is 18.7 Å². The number of phenolic OH excluding ortho intramolecular Hbond substituents is 1. The number of rotatable bonds is 22. The van der Waals surface area contributed by atoms with Gasteiger partial charge in [0.2, 0.25) is 70.9 Å². The Labute approximate surface area is 415 Å². The standard InChI is InChI=1S/C45H70N12O15/c1-2-3-4-5-6-7-8-9-10-11-16-49-39(66)31-21-37(64)52-32(23-58)44(71)53-27(17-25-12-14-26(60)15-13-25)41(68)54-28(18-34(46)61)40(67)50-22-38(65)51-29(19-35(47)62)42(69)57-33(24-59)45(72)55-30(20-36(48)63)43(70)56-31/h12-15,27-33,58-60H,2-11,16-24H2,1H3,(H2,46,61)(H2,47,62)(H2,48,63)(H,49,66)(H,50,67)(H,51,65)(H,52,64)(H,53,71)(H,54,68)(H,55,72)(H,56,70)(H,57,69)/t27-,28-,29+,30+,31-,32-,33-/m1/s1. The van der Waals surface area contributed by atoms with Crippen LogP contribution in [0.3, 0.4) is 0 Å². The van der Waals surface area contributed by atoms with Gasteiger partial charge in [0.1, 0.15) is 48.0 Å². The average molecular weight is 1020 g/mol. The summed E-state index contributed by atoms with van der Waals surface area (Å²) in [6.07, 6.45) is 5.91. The first-order valence-corrected chi connectivity index (χ1v) is 23.7. The molecule has 0 unspecified atom stereocenters. The Hall–Kier alpha value is -7.42. The van der Waals surface area contributed by atoms with E-state index in [2.05, 4.69) is 54.8 Å². The molecule has 12 amide bonds. The maximum absolute atomic E-state index is 13.9. The van der Waals surface area contributed by atoms with Gasteiger partial charge in [-0.05, 0) is 24.1 Å². The fourth-order valence-corrected chi connectivity index (χ4v) is 7.19. The molecule has 27 nitrogen and oxygen atoms in total. The number of amides is 12. The first-order valence-electron chi connectivity index (χ1n) is 23.7. The van der Waals surface area contributed by atoms with Gasteiger partial charge >= 0.3 is 0 Å². The highest BCUT2D eigenvalue weighted by Gasteiger charge is 2.35. The maximum Gasteiger partial charge on any atom is 0.245 e. The Kier molecular flexibility index (Phi) is 27.4. The third-order valence-corrected chi connectivity index (χ3v) is 11.1. The molecule has 0 radical (unpaired) electrons. The molecule has 72 heavy (non-hydrogen) atoms. The molecule has 1 aliphatic heterocycles. The van der Waals surface area contributed by atoms with Crippen LogP contribution >= 0.6 is 0 Å². The van der Waals surface area contributed by atoms with Gasteiger partial charge in [0, 0.05) is 13.0 Å². The molecule has 1 fully saturated rings. The number of nitrogens with one attached hydrogen (secondary N) is 9. The molecule has 400 valence electrons. The monoisotopic (exact) mass is 1020 g/mol. The van der Waals surface area contributed by atoms with Gasteiger partial charge < -0.3 is 80.4 Å². The van der Waals surface area contributed by atoms with Gasteiger partial charge in [-0.3, -0.25) is 57.5 Å². The van der Waals surface area contributed by atoms with E-state index in [0.717, 1.165) is 44.9 Å². The summed E-state index contributed by atoms with van der Waals surface area (Å²) in [7, 11) is 0. The normalized spacial score (nSPS) is 22.4. The molecule has 0 bridgehead atoms. The molecule has 18 N–H and O–H groups in total. The first-order chi connectivity index (χ1) is 34.2. The smallest absolute Gasteiger partial charge is 0.245 e. The Morgan fingerprint density at radius 1 is 0.528 bits per heavy atom. The zero-order valence-corrected chi connectivity index (χ0v) is 40.3. The molecular formula is C45H70N12O15. The van der Waals surface area contributed by atoms with Crippen LogP contribution in [0, 0.1) is 0 Å². The largest absolute Gasteiger partial charge is 0.508 e. The van der Waals surface area contributed by atoms with Crippen LogP contribution in [0.4, 0.5) is 0 Å². The minimum atomic E-state index is -1.95. The van der Waals surface area contributed by atoms with Crippen LogP contribution in [0.2, 0.25) is 0 Å². The van der Waals surface area contributed by atoms with Crippen LogP contribution in [0.1, 0.15) is 102 Å². The molecule has 1 aromatic rings. The third kappa shape index (κ3) is 23.5. The van der Waals surface area contributed by atoms with Gasteiger partial charge in [0.25, 0.3) is 0 Å². The number of benzene rings is 1. The first kappa shape index (κ1) is 60.7. The highest BCUT2D eigenvalue weighted by Crippen LogP contribution is 2.13. The Morgan fingerprint density at radius 2 is 0.931 bits per heavy atom. The Bertz CT molecular complexity index is 2060. The van der Waals surface area contributed by atoms with Crippen LogP contribution in [0.15, 0.2) is 24.3 Å². The van der Waals surface area contributed by atoms with Crippen molar-refractivity contribution in [3.05, 3.63) is 29.8 Å². The molecule has 1 aromatic carbocycles. The SMILES string of the molecule is CCCCCCCCCCCCNC(=O)[C@H]1CC(=O)N[C@H](CO)C(=O)N[C@H](Cc2ccc(O)cc2)C(=O)N[C@H](CC(N)=O)C(=O)NCC(=O)N[C@@H](CC(N)=O)C(=O)N[C@H](CO)C(=O)N[C@@H](CC(N)=O)C(=O)N1. The Balaban J connectivity index is 2.58. The molecular weight excluding hydrogens is 949 g/mol. The lowest BCUT2D eigenvalue weighted by Crippen LogP contribution is -2.60. The summed E-state index contributed by atoms with van der Waals surface area (Å²) in [5.41, 5.74) is 16.3. The second-order valence-electron chi connectivity index (χ2n) is 17.2. The van der Waals surface area contributed by atoms with Crippen LogP contribution in [0.25, 0.3) is 0 Å². The summed E-state index contributed by atoms with van der Waals surface area (Å²) in [4.78, 5) is 158. The van der Waals surface area contributed by atoms with Crippen molar-refractivity contribution in [3.63, 3.8) is 0 Å². The van der Waals surface area contributed by atoms with Crippen molar-refractivity contribution < 1.29 is 72.9 Å². The second-order valence-corrected chi connectivity index (χ2v) is 17.2. The van der Waals surface area contributed by atoms with Crippen molar-refractivity contribution in [3.8, 4) is 5.75 Å². The van der Waals surface area contributed by atoms with E-state index in [1.807, 2.05) is 0 Å². The lowest BCUT2D eigenvalue weighted by atomic mass is 10.0. The van der Waals surface area contributed by atoms with Crippen molar-refractivity contribution >= 4 is 70.9 Å². The van der Waals surface area contributed by atoms with E-state index in [0.29, 0.717) is 12.0 Å². The summed E-state index contributed by atoms with van der Waals surface area (Å²) in [6.45, 7) is -1.03. The number of aliphatic hydroxyl groups excluding tert-OH is 2. The minimum absolute atomic E-state index is 0.0912.